The Hall–Kier alpha value is -1.20. The number of rotatable bonds is 3. The van der Waals surface area contributed by atoms with Crippen LogP contribution in [0.2, 0.25) is 0 Å². The van der Waals surface area contributed by atoms with E-state index in [1.54, 1.807) is 0 Å². The number of thiocarbonyl (C=S) groups is 1. The zero-order chi connectivity index (χ0) is 15.2. The smallest absolute Gasteiger partial charge is 0.169 e. The van der Waals surface area contributed by atoms with Gasteiger partial charge in [-0.15, -0.1) is 0 Å². The quantitative estimate of drug-likeness (QED) is 0.867. The summed E-state index contributed by atoms with van der Waals surface area (Å²) in [6.45, 7) is 2.76. The molecule has 0 unspecified atom stereocenters. The van der Waals surface area contributed by atoms with Crippen molar-refractivity contribution in [2.75, 3.05) is 19.7 Å². The summed E-state index contributed by atoms with van der Waals surface area (Å²) in [4.78, 5) is 6.51. The number of hydrogen-bond acceptors (Lipinski definition) is 3. The van der Waals surface area contributed by atoms with Crippen LogP contribution >= 0.6 is 12.2 Å². The standard InChI is InChI=1S/C17H25N3OS/c22-17(19-13-15-5-4-12-21-15)20-11-3-1-2-6-16(20)14-7-9-18-10-8-14/h7-10,15-16H,1-6,11-13H2,(H,19,22)/t15-,16+/m0/s1. The maximum absolute atomic E-state index is 5.69. The molecular weight excluding hydrogens is 294 g/mol. The predicted molar refractivity (Wildman–Crippen MR) is 91.7 cm³/mol. The van der Waals surface area contributed by atoms with Crippen LogP contribution in [0.5, 0.6) is 0 Å². The van der Waals surface area contributed by atoms with Crippen molar-refractivity contribution in [2.24, 2.45) is 0 Å². The van der Waals surface area contributed by atoms with Crippen molar-refractivity contribution in [2.45, 2.75) is 50.7 Å². The summed E-state index contributed by atoms with van der Waals surface area (Å²) in [7, 11) is 0. The topological polar surface area (TPSA) is 37.4 Å². The van der Waals surface area contributed by atoms with Gasteiger partial charge >= 0.3 is 0 Å². The van der Waals surface area contributed by atoms with Crippen LogP contribution in [0.1, 0.15) is 50.1 Å². The summed E-state index contributed by atoms with van der Waals surface area (Å²) in [5, 5.41) is 4.31. The summed E-state index contributed by atoms with van der Waals surface area (Å²) in [6.07, 6.45) is 11.3. The molecule has 3 rings (SSSR count). The number of likely N-dealkylation sites (tertiary alicyclic amines) is 1. The highest BCUT2D eigenvalue weighted by molar-refractivity contribution is 7.80. The molecule has 1 N–H and O–H groups in total. The predicted octanol–water partition coefficient (Wildman–Crippen LogP) is 3.05. The maximum atomic E-state index is 5.69. The summed E-state index contributed by atoms with van der Waals surface area (Å²) in [6, 6.07) is 4.60. The zero-order valence-electron chi connectivity index (χ0n) is 13.0. The molecule has 2 aliphatic rings. The van der Waals surface area contributed by atoms with E-state index in [-0.39, 0.29) is 0 Å². The largest absolute Gasteiger partial charge is 0.376 e. The van der Waals surface area contributed by atoms with E-state index in [2.05, 4.69) is 27.3 Å². The molecule has 0 saturated carbocycles. The molecule has 120 valence electrons. The summed E-state index contributed by atoms with van der Waals surface area (Å²) < 4.78 is 5.68. The van der Waals surface area contributed by atoms with Crippen molar-refractivity contribution in [1.29, 1.82) is 0 Å². The molecule has 2 saturated heterocycles. The highest BCUT2D eigenvalue weighted by Crippen LogP contribution is 2.29. The van der Waals surface area contributed by atoms with Gasteiger partial charge < -0.3 is 15.0 Å². The molecule has 2 atom stereocenters. The van der Waals surface area contributed by atoms with Crippen molar-refractivity contribution in [3.8, 4) is 0 Å². The minimum atomic E-state index is 0.323. The number of aromatic nitrogens is 1. The second-order valence-electron chi connectivity index (χ2n) is 6.16. The van der Waals surface area contributed by atoms with E-state index in [9.17, 15) is 0 Å². The van der Waals surface area contributed by atoms with Crippen LogP contribution in [-0.4, -0.2) is 40.8 Å². The van der Waals surface area contributed by atoms with Crippen molar-refractivity contribution < 1.29 is 4.74 Å². The SMILES string of the molecule is S=C(NC[C@@H]1CCCO1)N1CCCCC[C@@H]1c1ccncc1. The first-order valence-electron chi connectivity index (χ1n) is 8.40. The fraction of sp³-hybridized carbons (Fsp3) is 0.647. The first-order chi connectivity index (χ1) is 10.8. The molecule has 0 bridgehead atoms. The molecule has 2 aliphatic heterocycles. The number of ether oxygens (including phenoxy) is 1. The number of hydrogen-bond donors (Lipinski definition) is 1. The van der Waals surface area contributed by atoms with Crippen LogP contribution in [0.4, 0.5) is 0 Å². The Morgan fingerprint density at radius 3 is 2.86 bits per heavy atom. The van der Waals surface area contributed by atoms with Crippen molar-refractivity contribution in [1.82, 2.24) is 15.2 Å². The van der Waals surface area contributed by atoms with Gasteiger partial charge in [-0.2, -0.15) is 0 Å². The van der Waals surface area contributed by atoms with Crippen LogP contribution in [0, 0.1) is 0 Å². The molecule has 22 heavy (non-hydrogen) atoms. The first-order valence-corrected chi connectivity index (χ1v) is 8.81. The van der Waals surface area contributed by atoms with Crippen LogP contribution in [-0.2, 0) is 4.74 Å². The monoisotopic (exact) mass is 319 g/mol. The molecule has 0 radical (unpaired) electrons. The van der Waals surface area contributed by atoms with Crippen molar-refractivity contribution >= 4 is 17.3 Å². The lowest BCUT2D eigenvalue weighted by atomic mass is 10.0. The van der Waals surface area contributed by atoms with Crippen LogP contribution < -0.4 is 5.32 Å². The van der Waals surface area contributed by atoms with E-state index in [1.165, 1.54) is 31.2 Å². The minimum Gasteiger partial charge on any atom is -0.376 e. The molecule has 0 aromatic carbocycles. The molecule has 5 heteroatoms. The lowest BCUT2D eigenvalue weighted by Crippen LogP contribution is -2.44. The third kappa shape index (κ3) is 3.96. The van der Waals surface area contributed by atoms with Crippen molar-refractivity contribution in [3.05, 3.63) is 30.1 Å². The van der Waals surface area contributed by atoms with E-state index in [0.717, 1.165) is 37.7 Å². The highest BCUT2D eigenvalue weighted by Gasteiger charge is 2.25. The molecule has 0 amide bonds. The molecule has 1 aromatic heterocycles. The average Bonchev–Trinajstić information content (AvgIpc) is 2.96. The zero-order valence-corrected chi connectivity index (χ0v) is 13.9. The van der Waals surface area contributed by atoms with E-state index < -0.39 is 0 Å². The summed E-state index contributed by atoms with van der Waals surface area (Å²) in [5.74, 6) is 0. The second-order valence-corrected chi connectivity index (χ2v) is 6.55. The average molecular weight is 319 g/mol. The molecule has 4 nitrogen and oxygen atoms in total. The van der Waals surface area contributed by atoms with Gasteiger partial charge in [-0.25, -0.2) is 0 Å². The number of nitrogens with one attached hydrogen (secondary N) is 1. The Kier molecular flexibility index (Phi) is 5.62. The van der Waals surface area contributed by atoms with E-state index >= 15 is 0 Å². The minimum absolute atomic E-state index is 0.323. The molecule has 1 aromatic rings. The fourth-order valence-electron chi connectivity index (χ4n) is 3.39. The van der Waals surface area contributed by atoms with Gasteiger partial charge in [0.2, 0.25) is 0 Å². The Morgan fingerprint density at radius 1 is 1.23 bits per heavy atom. The van der Waals surface area contributed by atoms with Gasteiger partial charge in [-0.1, -0.05) is 12.8 Å². The third-order valence-corrected chi connectivity index (χ3v) is 4.99. The van der Waals surface area contributed by atoms with Gasteiger partial charge in [0.1, 0.15) is 0 Å². The highest BCUT2D eigenvalue weighted by atomic mass is 32.1. The van der Waals surface area contributed by atoms with E-state index in [0.29, 0.717) is 12.1 Å². The van der Waals surface area contributed by atoms with Gasteiger partial charge in [0, 0.05) is 32.1 Å². The van der Waals surface area contributed by atoms with Gasteiger partial charge in [-0.05, 0) is 55.6 Å². The Balaban J connectivity index is 1.65. The van der Waals surface area contributed by atoms with E-state index in [4.69, 9.17) is 17.0 Å². The lowest BCUT2D eigenvalue weighted by Gasteiger charge is -2.33. The summed E-state index contributed by atoms with van der Waals surface area (Å²) >= 11 is 5.69. The van der Waals surface area contributed by atoms with Crippen molar-refractivity contribution in [3.63, 3.8) is 0 Å². The molecule has 3 heterocycles. The normalized spacial score (nSPS) is 25.7. The lowest BCUT2D eigenvalue weighted by molar-refractivity contribution is 0.113. The molecule has 2 fully saturated rings. The third-order valence-electron chi connectivity index (χ3n) is 4.61. The Morgan fingerprint density at radius 2 is 2.09 bits per heavy atom. The number of pyridine rings is 1. The van der Waals surface area contributed by atoms with Gasteiger partial charge in [0.15, 0.2) is 5.11 Å². The number of nitrogens with zero attached hydrogens (tertiary/aromatic N) is 2. The molecule has 0 aliphatic carbocycles. The maximum Gasteiger partial charge on any atom is 0.169 e. The first kappa shape index (κ1) is 15.7. The fourth-order valence-corrected chi connectivity index (χ4v) is 3.69. The summed E-state index contributed by atoms with van der Waals surface area (Å²) in [5.41, 5.74) is 1.32. The van der Waals surface area contributed by atoms with Gasteiger partial charge in [0.05, 0.1) is 12.1 Å². The van der Waals surface area contributed by atoms with E-state index in [1.807, 2.05) is 12.4 Å². The van der Waals surface area contributed by atoms with Crippen LogP contribution in [0.3, 0.4) is 0 Å². The Labute approximate surface area is 138 Å². The van der Waals surface area contributed by atoms with Crippen LogP contribution in [0.25, 0.3) is 0 Å². The van der Waals surface area contributed by atoms with Gasteiger partial charge in [-0.3, -0.25) is 4.98 Å². The Bertz CT molecular complexity index is 476. The molecule has 0 spiro atoms. The van der Waals surface area contributed by atoms with Gasteiger partial charge in [0.25, 0.3) is 0 Å². The second kappa shape index (κ2) is 7.88. The van der Waals surface area contributed by atoms with Crippen LogP contribution in [0.15, 0.2) is 24.5 Å². The molecular formula is C17H25N3OS.